The summed E-state index contributed by atoms with van der Waals surface area (Å²) in [5, 5.41) is 3.18. The van der Waals surface area contributed by atoms with Gasteiger partial charge in [-0.25, -0.2) is 9.37 Å². The molecule has 0 saturated carbocycles. The Morgan fingerprint density at radius 2 is 2.04 bits per heavy atom. The van der Waals surface area contributed by atoms with Gasteiger partial charge in [0.15, 0.2) is 0 Å². The fraction of sp³-hybridized carbons (Fsp3) is 0.316. The summed E-state index contributed by atoms with van der Waals surface area (Å²) in [4.78, 5) is 33.7. The fourth-order valence-electron chi connectivity index (χ4n) is 2.58. The largest absolute Gasteiger partial charge is 0.351 e. The monoisotopic (exact) mass is 405 g/mol. The van der Waals surface area contributed by atoms with Gasteiger partial charge in [0.05, 0.1) is 16.4 Å². The molecule has 2 N–H and O–H groups in total. The molecule has 0 unspecified atom stereocenters. The van der Waals surface area contributed by atoms with Gasteiger partial charge < -0.3 is 10.3 Å². The van der Waals surface area contributed by atoms with Crippen LogP contribution in [0.2, 0.25) is 0 Å². The summed E-state index contributed by atoms with van der Waals surface area (Å²) in [5.74, 6) is 0.586. The van der Waals surface area contributed by atoms with E-state index in [1.54, 1.807) is 19.1 Å². The number of aryl methyl sites for hydroxylation is 2. The Balaban J connectivity index is 1.59. The number of carbonyl (C=O) groups excluding carboxylic acids is 1. The molecule has 2 heterocycles. The average molecular weight is 406 g/mol. The average Bonchev–Trinajstić information content (AvgIpc) is 2.93. The Morgan fingerprint density at radius 3 is 2.74 bits per heavy atom. The molecule has 8 heteroatoms. The Kier molecular flexibility index (Phi) is 5.96. The maximum absolute atomic E-state index is 12.9. The first-order valence-corrected chi connectivity index (χ1v) is 10.3. The minimum atomic E-state index is -0.307. The second-order valence-corrected chi connectivity index (χ2v) is 8.81. The van der Waals surface area contributed by atoms with E-state index in [1.807, 2.05) is 13.8 Å². The molecule has 0 saturated heterocycles. The lowest BCUT2D eigenvalue weighted by atomic mass is 10.2. The van der Waals surface area contributed by atoms with E-state index in [1.165, 1.54) is 35.2 Å². The van der Waals surface area contributed by atoms with Crippen LogP contribution in [0.1, 0.15) is 28.8 Å². The normalized spacial score (nSPS) is 12.3. The van der Waals surface area contributed by atoms with Crippen molar-refractivity contribution < 1.29 is 9.18 Å². The third-order valence-corrected chi connectivity index (χ3v) is 6.56. The smallest absolute Gasteiger partial charge is 0.259 e. The molecule has 27 heavy (non-hydrogen) atoms. The van der Waals surface area contributed by atoms with Gasteiger partial charge in [0.25, 0.3) is 5.56 Å². The van der Waals surface area contributed by atoms with E-state index < -0.39 is 0 Å². The van der Waals surface area contributed by atoms with Crippen molar-refractivity contribution >= 4 is 39.2 Å². The Hall–Kier alpha value is -2.19. The third-order valence-electron chi connectivity index (χ3n) is 4.31. The molecule has 0 spiro atoms. The van der Waals surface area contributed by atoms with Crippen LogP contribution in [0.3, 0.4) is 0 Å². The highest BCUT2D eigenvalue weighted by molar-refractivity contribution is 7.99. The maximum Gasteiger partial charge on any atom is 0.259 e. The van der Waals surface area contributed by atoms with E-state index in [-0.39, 0.29) is 22.5 Å². The van der Waals surface area contributed by atoms with Crippen LogP contribution in [-0.2, 0) is 17.1 Å². The van der Waals surface area contributed by atoms with Gasteiger partial charge in [-0.1, -0.05) is 12.1 Å². The van der Waals surface area contributed by atoms with E-state index in [0.29, 0.717) is 23.5 Å². The first-order valence-electron chi connectivity index (χ1n) is 8.48. The van der Waals surface area contributed by atoms with Crippen LogP contribution in [0.5, 0.6) is 0 Å². The van der Waals surface area contributed by atoms with Crippen molar-refractivity contribution in [2.45, 2.75) is 38.3 Å². The van der Waals surface area contributed by atoms with Crippen LogP contribution >= 0.6 is 23.1 Å². The molecule has 0 aliphatic carbocycles. The molecule has 3 aromatic rings. The number of benzene rings is 1. The second-order valence-electron chi connectivity index (χ2n) is 6.27. The number of H-pyrrole nitrogens is 1. The van der Waals surface area contributed by atoms with Gasteiger partial charge in [0, 0.05) is 11.4 Å². The molecule has 1 atom stereocenters. The van der Waals surface area contributed by atoms with Crippen LogP contribution < -0.4 is 10.9 Å². The number of thiophene rings is 1. The SMILES string of the molecule is Cc1sc2nc(CS[C@@H](C)C(=O)NCc3ccc(F)cc3)[nH]c(=O)c2c1C. The molecule has 0 fully saturated rings. The van der Waals surface area contributed by atoms with Crippen molar-refractivity contribution in [1.29, 1.82) is 0 Å². The summed E-state index contributed by atoms with van der Waals surface area (Å²) < 4.78 is 12.9. The van der Waals surface area contributed by atoms with Crippen molar-refractivity contribution in [3.05, 3.63) is 62.3 Å². The zero-order valence-electron chi connectivity index (χ0n) is 15.3. The molecule has 2 aromatic heterocycles. The molecule has 3 rings (SSSR count). The van der Waals surface area contributed by atoms with Crippen LogP contribution in [0.4, 0.5) is 4.39 Å². The summed E-state index contributed by atoms with van der Waals surface area (Å²) in [6.07, 6.45) is 0. The number of nitrogens with one attached hydrogen (secondary N) is 2. The number of aromatic nitrogens is 2. The molecule has 5 nitrogen and oxygen atoms in total. The quantitative estimate of drug-likeness (QED) is 0.656. The molecular weight excluding hydrogens is 385 g/mol. The number of hydrogen-bond donors (Lipinski definition) is 2. The molecular formula is C19H20FN3O2S2. The van der Waals surface area contributed by atoms with Crippen LogP contribution in [0, 0.1) is 19.7 Å². The fourth-order valence-corrected chi connectivity index (χ4v) is 4.41. The minimum absolute atomic E-state index is 0.115. The highest BCUT2D eigenvalue weighted by Crippen LogP contribution is 2.26. The summed E-state index contributed by atoms with van der Waals surface area (Å²) in [7, 11) is 0. The molecule has 1 amide bonds. The highest BCUT2D eigenvalue weighted by Gasteiger charge is 2.16. The Labute approximate surface area is 164 Å². The summed E-state index contributed by atoms with van der Waals surface area (Å²) in [6.45, 7) is 6.05. The lowest BCUT2D eigenvalue weighted by Gasteiger charge is -2.12. The predicted molar refractivity (Wildman–Crippen MR) is 109 cm³/mol. The van der Waals surface area contributed by atoms with Gasteiger partial charge in [-0.05, 0) is 44.0 Å². The molecule has 0 aliphatic rings. The Bertz CT molecular complexity index is 1030. The lowest BCUT2D eigenvalue weighted by molar-refractivity contribution is -0.120. The summed E-state index contributed by atoms with van der Waals surface area (Å²) >= 11 is 2.91. The van der Waals surface area contributed by atoms with Crippen molar-refractivity contribution in [3.8, 4) is 0 Å². The molecule has 0 aliphatic heterocycles. The number of thioether (sulfide) groups is 1. The van der Waals surface area contributed by atoms with Gasteiger partial charge in [0.2, 0.25) is 5.91 Å². The van der Waals surface area contributed by atoms with Gasteiger partial charge in [-0.15, -0.1) is 23.1 Å². The number of rotatable bonds is 6. The van der Waals surface area contributed by atoms with E-state index in [9.17, 15) is 14.0 Å². The Morgan fingerprint density at radius 1 is 1.33 bits per heavy atom. The molecule has 0 radical (unpaired) electrons. The number of amides is 1. The lowest BCUT2D eigenvalue weighted by Crippen LogP contribution is -2.30. The first kappa shape index (κ1) is 19.6. The van der Waals surface area contributed by atoms with E-state index in [0.717, 1.165) is 20.8 Å². The highest BCUT2D eigenvalue weighted by atomic mass is 32.2. The van der Waals surface area contributed by atoms with Crippen LogP contribution in [0.15, 0.2) is 29.1 Å². The maximum atomic E-state index is 12.9. The summed E-state index contributed by atoms with van der Waals surface area (Å²) in [5.41, 5.74) is 1.67. The van der Waals surface area contributed by atoms with Gasteiger partial charge >= 0.3 is 0 Å². The standard InChI is InChI=1S/C19H20FN3O2S2/c1-10-11(2)27-19-16(10)18(25)22-15(23-19)9-26-12(3)17(24)21-8-13-4-6-14(20)7-5-13/h4-7,12H,8-9H2,1-3H3,(H,21,24)(H,22,23,25)/t12-/m0/s1. The zero-order chi connectivity index (χ0) is 19.6. The van der Waals surface area contributed by atoms with Crippen molar-refractivity contribution in [3.63, 3.8) is 0 Å². The van der Waals surface area contributed by atoms with Crippen LogP contribution in [-0.4, -0.2) is 21.1 Å². The number of hydrogen-bond acceptors (Lipinski definition) is 5. The number of aromatic amines is 1. The van der Waals surface area contributed by atoms with Crippen molar-refractivity contribution in [2.24, 2.45) is 0 Å². The first-order chi connectivity index (χ1) is 12.8. The number of fused-ring (bicyclic) bond motifs is 1. The van der Waals surface area contributed by atoms with Gasteiger partial charge in [-0.2, -0.15) is 0 Å². The number of halogens is 1. The van der Waals surface area contributed by atoms with E-state index >= 15 is 0 Å². The predicted octanol–water partition coefficient (Wildman–Crippen LogP) is 3.68. The summed E-state index contributed by atoms with van der Waals surface area (Å²) in [6, 6.07) is 6.02. The number of carbonyl (C=O) groups is 1. The van der Waals surface area contributed by atoms with Crippen LogP contribution in [0.25, 0.3) is 10.2 Å². The van der Waals surface area contributed by atoms with E-state index in [2.05, 4.69) is 15.3 Å². The molecule has 142 valence electrons. The topological polar surface area (TPSA) is 74.8 Å². The second kappa shape index (κ2) is 8.22. The number of nitrogens with zero attached hydrogens (tertiary/aromatic N) is 1. The zero-order valence-corrected chi connectivity index (χ0v) is 16.9. The van der Waals surface area contributed by atoms with Crippen molar-refractivity contribution in [1.82, 2.24) is 15.3 Å². The van der Waals surface area contributed by atoms with Gasteiger partial charge in [-0.3, -0.25) is 9.59 Å². The van der Waals surface area contributed by atoms with Crippen molar-refractivity contribution in [2.75, 3.05) is 0 Å². The minimum Gasteiger partial charge on any atom is -0.351 e. The molecule has 1 aromatic carbocycles. The molecule has 0 bridgehead atoms. The third kappa shape index (κ3) is 4.56. The van der Waals surface area contributed by atoms with Gasteiger partial charge in [0.1, 0.15) is 16.5 Å². The van der Waals surface area contributed by atoms with E-state index in [4.69, 9.17) is 0 Å².